The quantitative estimate of drug-likeness (QED) is 0.564. The molecule has 19 heavy (non-hydrogen) atoms. The molecule has 1 saturated heterocycles. The number of aromatic amines is 1. The average molecular weight is 390 g/mol. The first-order chi connectivity index (χ1) is 8.78. The van der Waals surface area contributed by atoms with Gasteiger partial charge in [0.25, 0.3) is 5.56 Å². The number of aromatic nitrogens is 2. The molecule has 0 aromatic carbocycles. The Labute approximate surface area is 118 Å². The van der Waals surface area contributed by atoms with Crippen molar-refractivity contribution in [3.05, 3.63) is 30.6 Å². The van der Waals surface area contributed by atoms with Crippen LogP contribution in [0.15, 0.2) is 15.8 Å². The van der Waals surface area contributed by atoms with Crippen molar-refractivity contribution in [2.75, 3.05) is 6.61 Å². The van der Waals surface area contributed by atoms with Gasteiger partial charge in [0, 0.05) is 6.20 Å². The van der Waals surface area contributed by atoms with E-state index in [1.165, 1.54) is 0 Å². The van der Waals surface area contributed by atoms with Gasteiger partial charge in [-0.05, 0) is 22.6 Å². The second-order valence-corrected chi connectivity index (χ2v) is 5.13. The zero-order valence-electron chi connectivity index (χ0n) is 9.22. The predicted molar refractivity (Wildman–Crippen MR) is 66.0 cm³/mol. The average Bonchev–Trinajstić information content (AvgIpc) is 2.56. The first-order valence-corrected chi connectivity index (χ1v) is 6.20. The van der Waals surface area contributed by atoms with Gasteiger partial charge in [0.1, 0.15) is 6.10 Å². The van der Waals surface area contributed by atoms with Crippen molar-refractivity contribution in [1.82, 2.24) is 9.55 Å². The number of hydrogen-bond donors (Lipinski definition) is 3. The maximum absolute atomic E-state index is 13.8. The molecule has 0 amide bonds. The molecule has 0 aliphatic carbocycles. The zero-order valence-corrected chi connectivity index (χ0v) is 11.4. The molecule has 2 rings (SSSR count). The van der Waals surface area contributed by atoms with Gasteiger partial charge < -0.3 is 14.9 Å². The van der Waals surface area contributed by atoms with Crippen LogP contribution < -0.4 is 11.2 Å². The molecule has 1 aliphatic heterocycles. The summed E-state index contributed by atoms with van der Waals surface area (Å²) in [5, 5.41) is 18.2. The molecule has 1 aliphatic rings. The molecule has 1 fully saturated rings. The molecule has 0 bridgehead atoms. The molecule has 3 N–H and O–H groups in total. The van der Waals surface area contributed by atoms with Gasteiger partial charge in [-0.2, -0.15) is 8.78 Å². The molecule has 1 aromatic rings. The molecule has 7 nitrogen and oxygen atoms in total. The monoisotopic (exact) mass is 390 g/mol. The van der Waals surface area contributed by atoms with Gasteiger partial charge >= 0.3 is 11.6 Å². The Balaban J connectivity index is 2.51. The van der Waals surface area contributed by atoms with Crippen LogP contribution in [0.3, 0.4) is 0 Å². The number of nitrogens with one attached hydrogen (secondary N) is 1. The minimum Gasteiger partial charge on any atom is -0.394 e. The minimum absolute atomic E-state index is 0.0125. The molecule has 3 atom stereocenters. The molecule has 0 spiro atoms. The van der Waals surface area contributed by atoms with E-state index in [-0.39, 0.29) is 3.57 Å². The lowest BCUT2D eigenvalue weighted by molar-refractivity contribution is -0.141. The van der Waals surface area contributed by atoms with Crippen LogP contribution in [0.25, 0.3) is 0 Å². The largest absolute Gasteiger partial charge is 0.394 e. The number of rotatable bonds is 2. The summed E-state index contributed by atoms with van der Waals surface area (Å²) in [5.41, 5.74) is -1.79. The maximum atomic E-state index is 13.8. The molecule has 1 aromatic heterocycles. The van der Waals surface area contributed by atoms with Crippen LogP contribution in [-0.2, 0) is 4.74 Å². The fraction of sp³-hybridized carbons (Fsp3) is 0.556. The molecule has 0 radical (unpaired) electrons. The maximum Gasteiger partial charge on any atom is 0.330 e. The lowest BCUT2D eigenvalue weighted by Gasteiger charge is -2.21. The number of hydrogen-bond acceptors (Lipinski definition) is 5. The summed E-state index contributed by atoms with van der Waals surface area (Å²) in [5.74, 6) is -3.77. The van der Waals surface area contributed by atoms with Crippen molar-refractivity contribution in [2.45, 2.75) is 24.4 Å². The third-order valence-electron chi connectivity index (χ3n) is 2.74. The molecule has 0 saturated carbocycles. The zero-order chi connectivity index (χ0) is 14.4. The van der Waals surface area contributed by atoms with Crippen molar-refractivity contribution < 1.29 is 23.7 Å². The number of H-pyrrole nitrogens is 1. The highest BCUT2D eigenvalue weighted by atomic mass is 127. The van der Waals surface area contributed by atoms with E-state index < -0.39 is 42.2 Å². The fourth-order valence-corrected chi connectivity index (χ4v) is 2.19. The number of alkyl halides is 2. The first kappa shape index (κ1) is 14.6. The third-order valence-corrected chi connectivity index (χ3v) is 3.50. The minimum atomic E-state index is -3.77. The lowest BCUT2D eigenvalue weighted by atomic mass is 10.1. The summed E-state index contributed by atoms with van der Waals surface area (Å²) < 4.78 is 32.9. The molecule has 106 valence electrons. The number of nitrogens with zero attached hydrogens (tertiary/aromatic N) is 1. The topological polar surface area (TPSA) is 105 Å². The lowest BCUT2D eigenvalue weighted by Crippen LogP contribution is -2.43. The number of ether oxygens (including phenoxy) is 1. The van der Waals surface area contributed by atoms with E-state index in [1.807, 2.05) is 4.98 Å². The van der Waals surface area contributed by atoms with Crippen LogP contribution in [-0.4, -0.2) is 44.5 Å². The highest BCUT2D eigenvalue weighted by molar-refractivity contribution is 14.1. The van der Waals surface area contributed by atoms with E-state index >= 15 is 0 Å². The van der Waals surface area contributed by atoms with Gasteiger partial charge in [-0.3, -0.25) is 14.3 Å². The summed E-state index contributed by atoms with van der Waals surface area (Å²) in [4.78, 5) is 24.5. The van der Waals surface area contributed by atoms with E-state index in [0.29, 0.717) is 4.57 Å². The SMILES string of the molecule is O=c1[nH]c(=O)n([C@H]2O[C@@H](CO)[C@H](O)C2(F)F)cc1I. The van der Waals surface area contributed by atoms with Gasteiger partial charge in [0.15, 0.2) is 6.10 Å². The van der Waals surface area contributed by atoms with Crippen molar-refractivity contribution in [1.29, 1.82) is 0 Å². The van der Waals surface area contributed by atoms with Crippen molar-refractivity contribution in [2.24, 2.45) is 0 Å². The Hall–Kier alpha value is -0.850. The second kappa shape index (κ2) is 4.92. The first-order valence-electron chi connectivity index (χ1n) is 5.12. The Kier molecular flexibility index (Phi) is 3.77. The van der Waals surface area contributed by atoms with Crippen LogP contribution in [0.2, 0.25) is 0 Å². The van der Waals surface area contributed by atoms with Crippen LogP contribution in [0.5, 0.6) is 0 Å². The molecule has 10 heteroatoms. The van der Waals surface area contributed by atoms with Crippen LogP contribution >= 0.6 is 22.6 Å². The summed E-state index contributed by atoms with van der Waals surface area (Å²) in [6.45, 7) is -0.817. The standard InChI is InChI=1S/C9H9F2IN2O5/c10-9(11)5(16)4(2-15)19-7(9)14-1-3(12)6(17)13-8(14)18/h1,4-5,7,15-16H,2H2,(H,13,17,18)/t4-,5-,7-/m0/s1. The molecular formula is C9H9F2IN2O5. The number of aliphatic hydroxyl groups excluding tert-OH is 2. The fourth-order valence-electron chi connectivity index (χ4n) is 1.75. The van der Waals surface area contributed by atoms with Crippen LogP contribution in [0.4, 0.5) is 8.78 Å². The van der Waals surface area contributed by atoms with Gasteiger partial charge in [0.2, 0.25) is 6.23 Å². The predicted octanol–water partition coefficient (Wildman–Crippen LogP) is -0.973. The Morgan fingerprint density at radius 1 is 1.53 bits per heavy atom. The van der Waals surface area contributed by atoms with Gasteiger partial charge in [-0.25, -0.2) is 4.79 Å². The van der Waals surface area contributed by atoms with Gasteiger partial charge in [-0.1, -0.05) is 0 Å². The Morgan fingerprint density at radius 3 is 2.68 bits per heavy atom. The Bertz CT molecular complexity index is 601. The summed E-state index contributed by atoms with van der Waals surface area (Å²) in [6.07, 6.45) is -4.92. The molecular weight excluding hydrogens is 381 g/mol. The Morgan fingerprint density at radius 2 is 2.16 bits per heavy atom. The number of aliphatic hydroxyl groups is 2. The van der Waals surface area contributed by atoms with E-state index in [0.717, 1.165) is 6.20 Å². The van der Waals surface area contributed by atoms with Crippen molar-refractivity contribution >= 4 is 22.6 Å². The van der Waals surface area contributed by atoms with E-state index in [1.54, 1.807) is 22.6 Å². The third kappa shape index (κ3) is 2.32. The van der Waals surface area contributed by atoms with Crippen molar-refractivity contribution in [3.8, 4) is 0 Å². The van der Waals surface area contributed by atoms with Gasteiger partial charge in [0.05, 0.1) is 10.2 Å². The molecule has 0 unspecified atom stereocenters. The van der Waals surface area contributed by atoms with Crippen LogP contribution in [0, 0.1) is 3.57 Å². The van der Waals surface area contributed by atoms with E-state index in [9.17, 15) is 23.5 Å². The summed E-state index contributed by atoms with van der Waals surface area (Å²) in [6, 6.07) is 0. The summed E-state index contributed by atoms with van der Waals surface area (Å²) >= 11 is 1.57. The highest BCUT2D eigenvalue weighted by Gasteiger charge is 2.59. The molecule has 2 heterocycles. The van der Waals surface area contributed by atoms with Crippen LogP contribution in [0.1, 0.15) is 6.23 Å². The second-order valence-electron chi connectivity index (χ2n) is 3.97. The van der Waals surface area contributed by atoms with E-state index in [4.69, 9.17) is 9.84 Å². The normalized spacial score (nSPS) is 29.6. The van der Waals surface area contributed by atoms with Crippen molar-refractivity contribution in [3.63, 3.8) is 0 Å². The summed E-state index contributed by atoms with van der Waals surface area (Å²) in [7, 11) is 0. The highest BCUT2D eigenvalue weighted by Crippen LogP contribution is 2.41. The number of halogens is 3. The van der Waals surface area contributed by atoms with Gasteiger partial charge in [-0.15, -0.1) is 0 Å². The van der Waals surface area contributed by atoms with E-state index in [2.05, 4.69) is 0 Å². The smallest absolute Gasteiger partial charge is 0.330 e.